The molecule has 3 aromatic heterocycles. The van der Waals surface area contributed by atoms with Gasteiger partial charge in [0.15, 0.2) is 11.3 Å². The Labute approximate surface area is 204 Å². The van der Waals surface area contributed by atoms with Gasteiger partial charge in [-0.1, -0.05) is 18.2 Å². The normalized spacial score (nSPS) is 17.2. The number of hydrogen-bond acceptors (Lipinski definition) is 7. The number of hydrogen-bond donors (Lipinski definition) is 1. The van der Waals surface area contributed by atoms with E-state index in [4.69, 9.17) is 4.74 Å². The van der Waals surface area contributed by atoms with E-state index in [-0.39, 0.29) is 17.5 Å². The summed E-state index contributed by atoms with van der Waals surface area (Å²) in [6, 6.07) is 4.70. The summed E-state index contributed by atoms with van der Waals surface area (Å²) in [6.07, 6.45) is -1.59. The van der Waals surface area contributed by atoms with Crippen molar-refractivity contribution in [1.29, 1.82) is 0 Å². The molecule has 0 aliphatic carbocycles. The zero-order valence-corrected chi connectivity index (χ0v) is 19.9. The number of alkyl halides is 2. The molecule has 0 bridgehead atoms. The topological polar surface area (TPSA) is 97.5 Å². The van der Waals surface area contributed by atoms with Crippen molar-refractivity contribution in [1.82, 2.24) is 29.5 Å². The maximum Gasteiger partial charge on any atom is 0.266 e. The number of carbonyl (C=O) groups is 1. The molecular formula is C24H24F3N7O2. The molecule has 1 fully saturated rings. The molecule has 0 radical (unpaired) electrons. The lowest BCUT2D eigenvalue weighted by molar-refractivity contribution is 0.00368. The molecule has 9 nitrogen and oxygen atoms in total. The number of nitrogens with one attached hydrogen (secondary N) is 1. The molecule has 5 rings (SSSR count). The molecule has 1 saturated heterocycles. The van der Waals surface area contributed by atoms with Crippen LogP contribution in [0.25, 0.3) is 16.7 Å². The van der Waals surface area contributed by atoms with Gasteiger partial charge in [0.25, 0.3) is 12.3 Å². The van der Waals surface area contributed by atoms with Crippen molar-refractivity contribution in [2.24, 2.45) is 0 Å². The van der Waals surface area contributed by atoms with Crippen molar-refractivity contribution in [2.45, 2.75) is 39.3 Å². The summed E-state index contributed by atoms with van der Waals surface area (Å²) in [5.41, 5.74) is 0.457. The molecule has 0 saturated carbocycles. The van der Waals surface area contributed by atoms with Crippen LogP contribution >= 0.6 is 0 Å². The molecule has 0 spiro atoms. The van der Waals surface area contributed by atoms with Crippen molar-refractivity contribution < 1.29 is 22.7 Å². The van der Waals surface area contributed by atoms with E-state index in [2.05, 4.69) is 25.4 Å². The van der Waals surface area contributed by atoms with Gasteiger partial charge in [-0.25, -0.2) is 28.1 Å². The molecule has 188 valence electrons. The van der Waals surface area contributed by atoms with Gasteiger partial charge in [-0.05, 0) is 26.8 Å². The number of anilines is 1. The van der Waals surface area contributed by atoms with E-state index in [0.29, 0.717) is 53.6 Å². The molecule has 4 heterocycles. The molecule has 1 aliphatic rings. The van der Waals surface area contributed by atoms with Crippen LogP contribution in [0.4, 0.5) is 19.0 Å². The number of amides is 1. The van der Waals surface area contributed by atoms with Gasteiger partial charge in [0, 0.05) is 12.1 Å². The first-order valence-electron chi connectivity index (χ1n) is 11.5. The summed E-state index contributed by atoms with van der Waals surface area (Å²) in [5.74, 6) is -0.496. The van der Waals surface area contributed by atoms with Gasteiger partial charge in [0.2, 0.25) is 0 Å². The average Bonchev–Trinajstić information content (AvgIpc) is 3.34. The number of aromatic nitrogens is 5. The molecule has 1 aromatic carbocycles. The second-order valence-corrected chi connectivity index (χ2v) is 8.75. The highest BCUT2D eigenvalue weighted by Gasteiger charge is 2.29. The summed E-state index contributed by atoms with van der Waals surface area (Å²) >= 11 is 0. The Balaban J connectivity index is 1.62. The summed E-state index contributed by atoms with van der Waals surface area (Å²) in [5, 5.41) is 7.84. The molecule has 36 heavy (non-hydrogen) atoms. The second-order valence-electron chi connectivity index (χ2n) is 8.75. The maximum atomic E-state index is 14.8. The third kappa shape index (κ3) is 4.11. The minimum atomic E-state index is -2.93. The number of fused-ring (bicyclic) bond motifs is 3. The lowest BCUT2D eigenvalue weighted by Crippen LogP contribution is -2.47. The van der Waals surface area contributed by atoms with Crippen LogP contribution < -0.4 is 5.32 Å². The molecule has 2 atom stereocenters. The van der Waals surface area contributed by atoms with E-state index >= 15 is 0 Å². The Hall–Kier alpha value is -3.80. The molecule has 0 unspecified atom stereocenters. The van der Waals surface area contributed by atoms with Gasteiger partial charge in [-0.3, -0.25) is 4.79 Å². The van der Waals surface area contributed by atoms with E-state index in [0.717, 1.165) is 6.07 Å². The fourth-order valence-corrected chi connectivity index (χ4v) is 4.46. The van der Waals surface area contributed by atoms with E-state index in [1.54, 1.807) is 24.8 Å². The van der Waals surface area contributed by atoms with Crippen LogP contribution in [0.15, 0.2) is 30.6 Å². The molecule has 4 aromatic rings. The number of halogens is 3. The molecular weight excluding hydrogens is 475 g/mol. The number of rotatable bonds is 5. The fourth-order valence-electron chi connectivity index (χ4n) is 4.46. The van der Waals surface area contributed by atoms with Crippen LogP contribution in [-0.2, 0) is 4.74 Å². The second kappa shape index (κ2) is 9.34. The van der Waals surface area contributed by atoms with Crippen LogP contribution in [0.3, 0.4) is 0 Å². The summed E-state index contributed by atoms with van der Waals surface area (Å²) in [7, 11) is 0. The van der Waals surface area contributed by atoms with Crippen molar-refractivity contribution in [2.75, 3.05) is 25.1 Å². The number of benzene rings is 1. The van der Waals surface area contributed by atoms with E-state index in [1.165, 1.54) is 23.0 Å². The van der Waals surface area contributed by atoms with E-state index in [9.17, 15) is 18.0 Å². The summed E-state index contributed by atoms with van der Waals surface area (Å²) in [4.78, 5) is 28.5. The SMILES string of the molecule is Cc1nc(N[C@H](C)c2cccc(C(F)F)c2F)c2cc(C(=O)N3CCOC[C@@H]3C)c3ncnn3c2n1. The van der Waals surface area contributed by atoms with Crippen LogP contribution in [0.1, 0.15) is 53.6 Å². The van der Waals surface area contributed by atoms with Crippen molar-refractivity contribution in [3.8, 4) is 0 Å². The zero-order valence-electron chi connectivity index (χ0n) is 19.9. The Morgan fingerprint density at radius 3 is 2.75 bits per heavy atom. The monoisotopic (exact) mass is 499 g/mol. The van der Waals surface area contributed by atoms with Crippen LogP contribution in [0.2, 0.25) is 0 Å². The molecule has 12 heteroatoms. The third-order valence-electron chi connectivity index (χ3n) is 6.29. The fraction of sp³-hybridized carbons (Fsp3) is 0.375. The number of ether oxygens (including phenoxy) is 1. The van der Waals surface area contributed by atoms with Crippen LogP contribution in [0.5, 0.6) is 0 Å². The maximum absolute atomic E-state index is 14.8. The number of morpholine rings is 1. The van der Waals surface area contributed by atoms with Gasteiger partial charge in [0.1, 0.15) is 23.8 Å². The zero-order chi connectivity index (χ0) is 25.6. The first kappa shape index (κ1) is 23.9. The summed E-state index contributed by atoms with van der Waals surface area (Å²) < 4.78 is 48.2. The number of aryl methyl sites for hydroxylation is 1. The van der Waals surface area contributed by atoms with Crippen molar-refractivity contribution in [3.63, 3.8) is 0 Å². The number of nitrogens with zero attached hydrogens (tertiary/aromatic N) is 6. The highest BCUT2D eigenvalue weighted by atomic mass is 19.3. The predicted molar refractivity (Wildman–Crippen MR) is 126 cm³/mol. The van der Waals surface area contributed by atoms with E-state index < -0.39 is 23.8 Å². The van der Waals surface area contributed by atoms with Gasteiger partial charge >= 0.3 is 0 Å². The predicted octanol–water partition coefficient (Wildman–Crippen LogP) is 4.09. The first-order valence-corrected chi connectivity index (χ1v) is 11.5. The number of pyridine rings is 1. The van der Waals surface area contributed by atoms with Crippen molar-refractivity contribution in [3.05, 3.63) is 58.9 Å². The third-order valence-corrected chi connectivity index (χ3v) is 6.29. The number of carbonyl (C=O) groups excluding carboxylic acids is 1. The van der Waals surface area contributed by atoms with Gasteiger partial charge in [0.05, 0.1) is 41.8 Å². The largest absolute Gasteiger partial charge is 0.377 e. The van der Waals surface area contributed by atoms with Gasteiger partial charge < -0.3 is 15.0 Å². The molecule has 1 amide bonds. The highest BCUT2D eigenvalue weighted by Crippen LogP contribution is 2.31. The molecule has 1 N–H and O–H groups in total. The first-order chi connectivity index (χ1) is 17.3. The smallest absolute Gasteiger partial charge is 0.266 e. The Kier molecular flexibility index (Phi) is 6.20. The van der Waals surface area contributed by atoms with Gasteiger partial charge in [-0.15, -0.1) is 0 Å². The quantitative estimate of drug-likeness (QED) is 0.442. The van der Waals surface area contributed by atoms with Crippen LogP contribution in [-0.4, -0.2) is 61.2 Å². The minimum Gasteiger partial charge on any atom is -0.377 e. The lowest BCUT2D eigenvalue weighted by atomic mass is 10.0. The molecule has 1 aliphatic heterocycles. The minimum absolute atomic E-state index is 0.0671. The average molecular weight is 499 g/mol. The lowest BCUT2D eigenvalue weighted by Gasteiger charge is -2.33. The Morgan fingerprint density at radius 1 is 1.22 bits per heavy atom. The Morgan fingerprint density at radius 2 is 2.00 bits per heavy atom. The highest BCUT2D eigenvalue weighted by molar-refractivity contribution is 6.04. The van der Waals surface area contributed by atoms with Gasteiger partial charge in [-0.2, -0.15) is 9.61 Å². The Bertz CT molecular complexity index is 1460. The van der Waals surface area contributed by atoms with E-state index in [1.807, 2.05) is 6.92 Å². The summed E-state index contributed by atoms with van der Waals surface area (Å²) in [6.45, 7) is 6.53. The standard InChI is InChI=1S/C24H24F3N7O2/c1-12-10-36-8-7-33(12)24(35)18-9-17-21(31-14(3)32-23(17)34-22(18)28-11-29-34)30-13(2)15-5-4-6-16(19(15)25)20(26)27/h4-6,9,11-13,20H,7-8,10H2,1-3H3,(H,30,31,32)/t12-,13+/m0/s1. The van der Waals surface area contributed by atoms with Crippen molar-refractivity contribution >= 4 is 28.4 Å². The van der Waals surface area contributed by atoms with Crippen LogP contribution in [0, 0.1) is 12.7 Å².